The number of aryl methyl sites for hydroxylation is 1. The van der Waals surface area contributed by atoms with Gasteiger partial charge >= 0.3 is 6.03 Å². The predicted octanol–water partition coefficient (Wildman–Crippen LogP) is 3.59. The second kappa shape index (κ2) is 7.94. The molecule has 2 amide bonds. The van der Waals surface area contributed by atoms with Crippen LogP contribution in [0.4, 0.5) is 10.5 Å². The number of carbonyl (C=O) groups excluding carboxylic acids is 1. The van der Waals surface area contributed by atoms with Gasteiger partial charge in [-0.25, -0.2) is 4.79 Å². The normalized spacial score (nSPS) is 9.95. The monoisotopic (exact) mass is 284 g/mol. The molecule has 0 aliphatic rings. The molecule has 0 unspecified atom stereocenters. The highest BCUT2D eigenvalue weighted by Crippen LogP contribution is 2.15. The van der Waals surface area contributed by atoms with Crippen LogP contribution in [0.2, 0.25) is 0 Å². The first kappa shape index (κ1) is 14.9. The Balaban J connectivity index is 1.62. The van der Waals surface area contributed by atoms with E-state index in [2.05, 4.69) is 10.6 Å². The largest absolute Gasteiger partial charge is 0.493 e. The van der Waals surface area contributed by atoms with E-state index in [0.717, 1.165) is 23.4 Å². The lowest BCUT2D eigenvalue weighted by Gasteiger charge is -2.10. The van der Waals surface area contributed by atoms with Crippen molar-refractivity contribution in [3.8, 4) is 5.75 Å². The first-order valence-electron chi connectivity index (χ1n) is 7.04. The Kier molecular flexibility index (Phi) is 5.64. The molecule has 0 spiro atoms. The van der Waals surface area contributed by atoms with Crippen molar-refractivity contribution >= 4 is 11.7 Å². The minimum absolute atomic E-state index is 0.197. The topological polar surface area (TPSA) is 50.4 Å². The van der Waals surface area contributed by atoms with Crippen molar-refractivity contribution in [2.24, 2.45) is 0 Å². The fraction of sp³-hybridized carbons (Fsp3) is 0.235. The van der Waals surface area contributed by atoms with Crippen LogP contribution in [0.1, 0.15) is 12.0 Å². The van der Waals surface area contributed by atoms with Crippen LogP contribution in [0, 0.1) is 6.92 Å². The van der Waals surface area contributed by atoms with Gasteiger partial charge in [-0.3, -0.25) is 0 Å². The molecule has 21 heavy (non-hydrogen) atoms. The molecule has 2 aromatic carbocycles. The second-order valence-corrected chi connectivity index (χ2v) is 4.71. The summed E-state index contributed by atoms with van der Waals surface area (Å²) in [6.45, 7) is 3.17. The maximum absolute atomic E-state index is 11.6. The summed E-state index contributed by atoms with van der Waals surface area (Å²) in [6, 6.07) is 17.1. The summed E-state index contributed by atoms with van der Waals surface area (Å²) < 4.78 is 5.67. The van der Waals surface area contributed by atoms with E-state index in [1.165, 1.54) is 0 Å². The molecule has 110 valence electrons. The SMILES string of the molecule is Cc1ccccc1OCCCNC(=O)Nc1ccccc1. The molecule has 0 radical (unpaired) electrons. The van der Waals surface area contributed by atoms with Crippen molar-refractivity contribution in [1.82, 2.24) is 5.32 Å². The zero-order valence-corrected chi connectivity index (χ0v) is 12.1. The summed E-state index contributed by atoms with van der Waals surface area (Å²) in [6.07, 6.45) is 0.760. The van der Waals surface area contributed by atoms with Gasteiger partial charge < -0.3 is 15.4 Å². The number of urea groups is 1. The van der Waals surface area contributed by atoms with Gasteiger partial charge in [-0.2, -0.15) is 0 Å². The molecular weight excluding hydrogens is 264 g/mol. The number of amides is 2. The van der Waals surface area contributed by atoms with Crippen LogP contribution in [0.5, 0.6) is 5.75 Å². The van der Waals surface area contributed by atoms with E-state index in [0.29, 0.717) is 13.2 Å². The molecule has 0 bridgehead atoms. The van der Waals surface area contributed by atoms with E-state index in [1.54, 1.807) is 0 Å². The molecule has 0 aromatic heterocycles. The Labute approximate surface area is 125 Å². The predicted molar refractivity (Wildman–Crippen MR) is 84.8 cm³/mol. The summed E-state index contributed by atoms with van der Waals surface area (Å²) in [5, 5.41) is 5.57. The molecule has 4 nitrogen and oxygen atoms in total. The highest BCUT2D eigenvalue weighted by molar-refractivity contribution is 5.89. The minimum atomic E-state index is -0.197. The van der Waals surface area contributed by atoms with Gasteiger partial charge in [0.1, 0.15) is 5.75 Å². The van der Waals surface area contributed by atoms with E-state index in [1.807, 2.05) is 61.5 Å². The van der Waals surface area contributed by atoms with E-state index in [9.17, 15) is 4.79 Å². The molecule has 0 atom stereocenters. The first-order chi connectivity index (χ1) is 10.3. The van der Waals surface area contributed by atoms with Gasteiger partial charge in [0.25, 0.3) is 0 Å². The number of benzene rings is 2. The van der Waals surface area contributed by atoms with Gasteiger partial charge in [-0.1, -0.05) is 36.4 Å². The van der Waals surface area contributed by atoms with Crippen LogP contribution in [0.15, 0.2) is 54.6 Å². The number of anilines is 1. The Bertz CT molecular complexity index is 570. The number of carbonyl (C=O) groups is 1. The minimum Gasteiger partial charge on any atom is -0.493 e. The fourth-order valence-electron chi connectivity index (χ4n) is 1.87. The van der Waals surface area contributed by atoms with Crippen LogP contribution in [-0.2, 0) is 0 Å². The molecule has 4 heteroatoms. The number of rotatable bonds is 6. The van der Waals surface area contributed by atoms with Gasteiger partial charge in [0.05, 0.1) is 6.61 Å². The fourth-order valence-corrected chi connectivity index (χ4v) is 1.87. The Morgan fingerprint density at radius 3 is 2.52 bits per heavy atom. The molecule has 2 aromatic rings. The van der Waals surface area contributed by atoms with Crippen LogP contribution < -0.4 is 15.4 Å². The van der Waals surface area contributed by atoms with Gasteiger partial charge in [0.2, 0.25) is 0 Å². The quantitative estimate of drug-likeness (QED) is 0.796. The van der Waals surface area contributed by atoms with Crippen LogP contribution in [0.3, 0.4) is 0 Å². The molecule has 0 saturated carbocycles. The Morgan fingerprint density at radius 2 is 1.76 bits per heavy atom. The zero-order valence-electron chi connectivity index (χ0n) is 12.1. The highest BCUT2D eigenvalue weighted by atomic mass is 16.5. The first-order valence-corrected chi connectivity index (χ1v) is 7.04. The Morgan fingerprint density at radius 1 is 1.05 bits per heavy atom. The lowest BCUT2D eigenvalue weighted by Crippen LogP contribution is -2.30. The maximum Gasteiger partial charge on any atom is 0.319 e. The van der Waals surface area contributed by atoms with E-state index in [4.69, 9.17) is 4.74 Å². The summed E-state index contributed by atoms with van der Waals surface area (Å²) in [4.78, 5) is 11.6. The van der Waals surface area contributed by atoms with Gasteiger partial charge in [0.15, 0.2) is 0 Å². The maximum atomic E-state index is 11.6. The highest BCUT2D eigenvalue weighted by Gasteiger charge is 2.01. The summed E-state index contributed by atoms with van der Waals surface area (Å²) in [5.74, 6) is 0.895. The lowest BCUT2D eigenvalue weighted by molar-refractivity contribution is 0.250. The van der Waals surface area contributed by atoms with Crippen LogP contribution in [-0.4, -0.2) is 19.2 Å². The molecule has 0 aliphatic heterocycles. The number of hydrogen-bond donors (Lipinski definition) is 2. The van der Waals surface area contributed by atoms with Crippen molar-refractivity contribution < 1.29 is 9.53 Å². The van der Waals surface area contributed by atoms with E-state index >= 15 is 0 Å². The molecule has 0 heterocycles. The molecule has 0 saturated heterocycles. The van der Waals surface area contributed by atoms with Crippen molar-refractivity contribution in [2.75, 3.05) is 18.5 Å². The van der Waals surface area contributed by atoms with Crippen molar-refractivity contribution in [1.29, 1.82) is 0 Å². The van der Waals surface area contributed by atoms with Gasteiger partial charge in [-0.05, 0) is 37.1 Å². The number of para-hydroxylation sites is 2. The standard InChI is InChI=1S/C17H20N2O2/c1-14-8-5-6-11-16(14)21-13-7-12-18-17(20)19-15-9-3-2-4-10-15/h2-6,8-11H,7,12-13H2,1H3,(H2,18,19,20). The molecule has 2 rings (SSSR count). The zero-order chi connectivity index (χ0) is 14.9. The molecular formula is C17H20N2O2. The van der Waals surface area contributed by atoms with E-state index in [-0.39, 0.29) is 6.03 Å². The smallest absolute Gasteiger partial charge is 0.319 e. The number of nitrogens with one attached hydrogen (secondary N) is 2. The Hall–Kier alpha value is -2.49. The van der Waals surface area contributed by atoms with Gasteiger partial charge in [-0.15, -0.1) is 0 Å². The van der Waals surface area contributed by atoms with Crippen LogP contribution in [0.25, 0.3) is 0 Å². The summed E-state index contributed by atoms with van der Waals surface area (Å²) >= 11 is 0. The molecule has 0 aliphatic carbocycles. The number of ether oxygens (including phenoxy) is 1. The molecule has 2 N–H and O–H groups in total. The van der Waals surface area contributed by atoms with Crippen molar-refractivity contribution in [3.63, 3.8) is 0 Å². The van der Waals surface area contributed by atoms with Crippen molar-refractivity contribution in [2.45, 2.75) is 13.3 Å². The average molecular weight is 284 g/mol. The number of hydrogen-bond acceptors (Lipinski definition) is 2. The summed E-state index contributed by atoms with van der Waals surface area (Å²) in [5.41, 5.74) is 1.90. The molecule has 0 fully saturated rings. The third-order valence-corrected chi connectivity index (χ3v) is 2.99. The third-order valence-electron chi connectivity index (χ3n) is 2.99. The summed E-state index contributed by atoms with van der Waals surface area (Å²) in [7, 11) is 0. The van der Waals surface area contributed by atoms with Gasteiger partial charge in [0, 0.05) is 12.2 Å². The second-order valence-electron chi connectivity index (χ2n) is 4.71. The van der Waals surface area contributed by atoms with E-state index < -0.39 is 0 Å². The van der Waals surface area contributed by atoms with Crippen molar-refractivity contribution in [3.05, 3.63) is 60.2 Å². The van der Waals surface area contributed by atoms with Crippen LogP contribution >= 0.6 is 0 Å². The lowest BCUT2D eigenvalue weighted by atomic mass is 10.2. The third kappa shape index (κ3) is 5.18. The average Bonchev–Trinajstić information content (AvgIpc) is 2.50.